The fraction of sp³-hybridized carbons (Fsp3) is 1.00. The average Bonchev–Trinajstić information content (AvgIpc) is 2.49. The molecule has 2 aliphatic heterocycles. The summed E-state index contributed by atoms with van der Waals surface area (Å²) in [6.07, 6.45) is 3.93. The SMILES string of the molecule is C1CNC(CN2CCCC2)COC1. The molecule has 0 aromatic carbocycles. The van der Waals surface area contributed by atoms with Gasteiger partial charge in [0.25, 0.3) is 0 Å². The van der Waals surface area contributed by atoms with Crippen LogP contribution < -0.4 is 5.32 Å². The van der Waals surface area contributed by atoms with Crippen LogP contribution in [0.1, 0.15) is 19.3 Å². The molecule has 3 nitrogen and oxygen atoms in total. The molecule has 2 fully saturated rings. The summed E-state index contributed by atoms with van der Waals surface area (Å²) in [5.41, 5.74) is 0. The van der Waals surface area contributed by atoms with Gasteiger partial charge < -0.3 is 15.0 Å². The Hall–Kier alpha value is -0.120. The quantitative estimate of drug-likeness (QED) is 0.675. The van der Waals surface area contributed by atoms with Crippen molar-refractivity contribution in [3.63, 3.8) is 0 Å². The molecule has 0 bridgehead atoms. The lowest BCUT2D eigenvalue weighted by Gasteiger charge is -2.22. The van der Waals surface area contributed by atoms with Crippen molar-refractivity contribution in [1.82, 2.24) is 10.2 Å². The first-order valence-corrected chi connectivity index (χ1v) is 5.48. The Morgan fingerprint density at radius 3 is 2.92 bits per heavy atom. The van der Waals surface area contributed by atoms with Gasteiger partial charge in [0, 0.05) is 19.2 Å². The highest BCUT2D eigenvalue weighted by Crippen LogP contribution is 2.08. The number of rotatable bonds is 2. The summed E-state index contributed by atoms with van der Waals surface area (Å²) in [5.74, 6) is 0. The lowest BCUT2D eigenvalue weighted by Crippen LogP contribution is -2.42. The summed E-state index contributed by atoms with van der Waals surface area (Å²) in [4.78, 5) is 2.55. The van der Waals surface area contributed by atoms with E-state index in [-0.39, 0.29) is 0 Å². The van der Waals surface area contributed by atoms with Crippen molar-refractivity contribution in [1.29, 1.82) is 0 Å². The first-order valence-electron chi connectivity index (χ1n) is 5.48. The molecule has 0 aromatic heterocycles. The summed E-state index contributed by atoms with van der Waals surface area (Å²) in [6, 6.07) is 0.570. The first kappa shape index (κ1) is 9.44. The molecule has 13 heavy (non-hydrogen) atoms. The second kappa shape index (κ2) is 4.94. The zero-order chi connectivity index (χ0) is 8.93. The third-order valence-electron chi connectivity index (χ3n) is 2.89. The van der Waals surface area contributed by atoms with E-state index in [9.17, 15) is 0 Å². The summed E-state index contributed by atoms with van der Waals surface area (Å²) >= 11 is 0. The van der Waals surface area contributed by atoms with E-state index in [2.05, 4.69) is 10.2 Å². The fourth-order valence-corrected chi connectivity index (χ4v) is 2.16. The van der Waals surface area contributed by atoms with Crippen molar-refractivity contribution < 1.29 is 4.74 Å². The summed E-state index contributed by atoms with van der Waals surface area (Å²) < 4.78 is 5.53. The fourth-order valence-electron chi connectivity index (χ4n) is 2.16. The number of ether oxygens (including phenoxy) is 1. The minimum absolute atomic E-state index is 0.570. The highest BCUT2D eigenvalue weighted by Gasteiger charge is 2.18. The zero-order valence-corrected chi connectivity index (χ0v) is 8.30. The minimum Gasteiger partial charge on any atom is -0.380 e. The van der Waals surface area contributed by atoms with Crippen molar-refractivity contribution in [3.05, 3.63) is 0 Å². The molecule has 1 N–H and O–H groups in total. The van der Waals surface area contributed by atoms with E-state index in [0.29, 0.717) is 6.04 Å². The molecular weight excluding hydrogens is 164 g/mol. The van der Waals surface area contributed by atoms with Gasteiger partial charge in [-0.25, -0.2) is 0 Å². The second-order valence-electron chi connectivity index (χ2n) is 4.09. The van der Waals surface area contributed by atoms with Gasteiger partial charge in [-0.05, 0) is 38.9 Å². The van der Waals surface area contributed by atoms with Gasteiger partial charge in [-0.3, -0.25) is 0 Å². The number of nitrogens with zero attached hydrogens (tertiary/aromatic N) is 1. The minimum atomic E-state index is 0.570. The van der Waals surface area contributed by atoms with Gasteiger partial charge in [0.05, 0.1) is 6.61 Å². The van der Waals surface area contributed by atoms with E-state index < -0.39 is 0 Å². The van der Waals surface area contributed by atoms with Crippen LogP contribution in [0, 0.1) is 0 Å². The Bertz CT molecular complexity index is 138. The average molecular weight is 184 g/mol. The van der Waals surface area contributed by atoms with E-state index in [1.54, 1.807) is 0 Å². The van der Waals surface area contributed by atoms with Crippen LogP contribution in [-0.2, 0) is 4.74 Å². The third kappa shape index (κ3) is 2.93. The Balaban J connectivity index is 1.71. The molecule has 76 valence electrons. The molecule has 2 heterocycles. The third-order valence-corrected chi connectivity index (χ3v) is 2.89. The molecule has 0 aliphatic carbocycles. The predicted molar refractivity (Wildman–Crippen MR) is 52.9 cm³/mol. The van der Waals surface area contributed by atoms with Crippen molar-refractivity contribution >= 4 is 0 Å². The molecule has 2 saturated heterocycles. The molecule has 0 saturated carbocycles. The maximum atomic E-state index is 5.53. The summed E-state index contributed by atoms with van der Waals surface area (Å²) in [6.45, 7) is 6.72. The molecule has 1 atom stereocenters. The first-order chi connectivity index (χ1) is 6.45. The Kier molecular flexibility index (Phi) is 3.58. The second-order valence-corrected chi connectivity index (χ2v) is 4.09. The molecule has 1 unspecified atom stereocenters. The van der Waals surface area contributed by atoms with Gasteiger partial charge in [0.15, 0.2) is 0 Å². The van der Waals surface area contributed by atoms with Crippen molar-refractivity contribution in [2.24, 2.45) is 0 Å². The molecule has 3 heteroatoms. The summed E-state index contributed by atoms with van der Waals surface area (Å²) in [7, 11) is 0. The van der Waals surface area contributed by atoms with E-state index in [0.717, 1.165) is 26.2 Å². The molecule has 0 amide bonds. The topological polar surface area (TPSA) is 24.5 Å². The van der Waals surface area contributed by atoms with Gasteiger partial charge in [-0.15, -0.1) is 0 Å². The maximum Gasteiger partial charge on any atom is 0.0632 e. The Morgan fingerprint density at radius 1 is 1.23 bits per heavy atom. The van der Waals surface area contributed by atoms with E-state index >= 15 is 0 Å². The van der Waals surface area contributed by atoms with Crippen LogP contribution in [0.5, 0.6) is 0 Å². The number of hydrogen-bond acceptors (Lipinski definition) is 3. The zero-order valence-electron chi connectivity index (χ0n) is 8.30. The van der Waals surface area contributed by atoms with Gasteiger partial charge in [0.1, 0.15) is 0 Å². The van der Waals surface area contributed by atoms with Crippen molar-refractivity contribution in [2.75, 3.05) is 39.4 Å². The largest absolute Gasteiger partial charge is 0.380 e. The van der Waals surface area contributed by atoms with Crippen LogP contribution in [0.4, 0.5) is 0 Å². The van der Waals surface area contributed by atoms with Crippen LogP contribution in [0.2, 0.25) is 0 Å². The number of likely N-dealkylation sites (tertiary alicyclic amines) is 1. The Morgan fingerprint density at radius 2 is 2.08 bits per heavy atom. The normalized spacial score (nSPS) is 31.8. The number of hydrogen-bond donors (Lipinski definition) is 1. The van der Waals surface area contributed by atoms with Crippen molar-refractivity contribution in [2.45, 2.75) is 25.3 Å². The van der Waals surface area contributed by atoms with Gasteiger partial charge >= 0.3 is 0 Å². The van der Waals surface area contributed by atoms with Crippen LogP contribution in [0.3, 0.4) is 0 Å². The van der Waals surface area contributed by atoms with Crippen molar-refractivity contribution in [3.8, 4) is 0 Å². The molecule has 0 spiro atoms. The maximum absolute atomic E-state index is 5.53. The van der Waals surface area contributed by atoms with Gasteiger partial charge in [-0.1, -0.05) is 0 Å². The molecule has 0 radical (unpaired) electrons. The molecule has 0 aromatic rings. The van der Waals surface area contributed by atoms with Crippen LogP contribution >= 0.6 is 0 Å². The standard InChI is InChI=1S/C10H20N2O/c1-2-6-12(5-1)8-10-9-13-7-3-4-11-10/h10-11H,1-9H2. The lowest BCUT2D eigenvalue weighted by molar-refractivity contribution is 0.120. The molecule has 2 aliphatic rings. The molecular formula is C10H20N2O. The smallest absolute Gasteiger partial charge is 0.0632 e. The van der Waals surface area contributed by atoms with E-state index in [1.807, 2.05) is 0 Å². The monoisotopic (exact) mass is 184 g/mol. The van der Waals surface area contributed by atoms with Gasteiger partial charge in [-0.2, -0.15) is 0 Å². The lowest BCUT2D eigenvalue weighted by atomic mass is 10.3. The predicted octanol–water partition coefficient (Wildman–Crippen LogP) is 0.461. The van der Waals surface area contributed by atoms with Crippen LogP contribution in [-0.4, -0.2) is 50.3 Å². The summed E-state index contributed by atoms with van der Waals surface area (Å²) in [5, 5.41) is 3.54. The number of nitrogens with one attached hydrogen (secondary N) is 1. The van der Waals surface area contributed by atoms with E-state index in [1.165, 1.54) is 32.5 Å². The van der Waals surface area contributed by atoms with E-state index in [4.69, 9.17) is 4.74 Å². The molecule has 2 rings (SSSR count). The highest BCUT2D eigenvalue weighted by atomic mass is 16.5. The van der Waals surface area contributed by atoms with Crippen LogP contribution in [0.15, 0.2) is 0 Å². The van der Waals surface area contributed by atoms with Gasteiger partial charge in [0.2, 0.25) is 0 Å². The highest BCUT2D eigenvalue weighted by molar-refractivity contribution is 4.76. The van der Waals surface area contributed by atoms with Crippen LogP contribution in [0.25, 0.3) is 0 Å². The Labute approximate surface area is 80.4 Å².